The number of nitrogens with zero attached hydrogens (tertiary/aromatic N) is 1. The van der Waals surface area contributed by atoms with Crippen molar-refractivity contribution in [2.45, 2.75) is 25.3 Å². The monoisotopic (exact) mass is 326 g/mol. The number of primary amides is 1. The molecular formula is C13H15BrN2O3. The van der Waals surface area contributed by atoms with Crippen LogP contribution in [0.4, 0.5) is 5.69 Å². The van der Waals surface area contributed by atoms with Crippen LogP contribution in [0.15, 0.2) is 22.7 Å². The maximum Gasteiger partial charge on any atom is 0.305 e. The molecule has 1 aliphatic heterocycles. The molecule has 0 aromatic heterocycles. The Bertz CT molecular complexity index is 519. The third-order valence-electron chi connectivity index (χ3n) is 3.32. The predicted molar refractivity (Wildman–Crippen MR) is 75.3 cm³/mol. The van der Waals surface area contributed by atoms with Crippen LogP contribution in [0.2, 0.25) is 0 Å². The Labute approximate surface area is 119 Å². The van der Waals surface area contributed by atoms with Crippen LogP contribution < -0.4 is 10.6 Å². The van der Waals surface area contributed by atoms with Crippen LogP contribution in [0, 0.1) is 0 Å². The smallest absolute Gasteiger partial charge is 0.305 e. The second kappa shape index (κ2) is 5.61. The number of aliphatic carboxylic acids is 1. The van der Waals surface area contributed by atoms with Crippen molar-refractivity contribution in [3.63, 3.8) is 0 Å². The predicted octanol–water partition coefficient (Wildman–Crippen LogP) is 1.99. The van der Waals surface area contributed by atoms with Crippen LogP contribution in [-0.2, 0) is 4.79 Å². The second-order valence-corrected chi connectivity index (χ2v) is 5.53. The summed E-state index contributed by atoms with van der Waals surface area (Å²) in [5, 5.41) is 8.94. The van der Waals surface area contributed by atoms with E-state index in [1.54, 1.807) is 12.1 Å². The van der Waals surface area contributed by atoms with Gasteiger partial charge < -0.3 is 15.7 Å². The van der Waals surface area contributed by atoms with E-state index in [2.05, 4.69) is 15.9 Å². The van der Waals surface area contributed by atoms with Gasteiger partial charge in [-0.2, -0.15) is 0 Å². The van der Waals surface area contributed by atoms with Crippen molar-refractivity contribution in [1.82, 2.24) is 0 Å². The normalized spacial score (nSPS) is 18.6. The Balaban J connectivity index is 2.36. The molecule has 1 fully saturated rings. The van der Waals surface area contributed by atoms with Crippen LogP contribution in [-0.4, -0.2) is 29.6 Å². The zero-order valence-electron chi connectivity index (χ0n) is 10.3. The fourth-order valence-corrected chi connectivity index (χ4v) is 2.87. The van der Waals surface area contributed by atoms with Crippen LogP contribution in [0.3, 0.4) is 0 Å². The Hall–Kier alpha value is -1.56. The quantitative estimate of drug-likeness (QED) is 0.886. The summed E-state index contributed by atoms with van der Waals surface area (Å²) in [4.78, 5) is 24.3. The van der Waals surface area contributed by atoms with Gasteiger partial charge in [0.15, 0.2) is 0 Å². The first-order valence-electron chi connectivity index (χ1n) is 6.07. The number of benzene rings is 1. The zero-order valence-corrected chi connectivity index (χ0v) is 11.9. The van der Waals surface area contributed by atoms with Gasteiger partial charge in [0, 0.05) is 17.1 Å². The third-order valence-corrected chi connectivity index (χ3v) is 3.82. The van der Waals surface area contributed by atoms with Gasteiger partial charge in [0.1, 0.15) is 0 Å². The number of hydrogen-bond acceptors (Lipinski definition) is 3. The number of carbonyl (C=O) groups excluding carboxylic acids is 1. The number of halogens is 1. The first-order chi connectivity index (χ1) is 8.99. The van der Waals surface area contributed by atoms with Crippen LogP contribution >= 0.6 is 15.9 Å². The summed E-state index contributed by atoms with van der Waals surface area (Å²) < 4.78 is 0.841. The van der Waals surface area contributed by atoms with Gasteiger partial charge in [-0.1, -0.05) is 15.9 Å². The molecule has 1 amide bonds. The highest BCUT2D eigenvalue weighted by Crippen LogP contribution is 2.32. The van der Waals surface area contributed by atoms with Gasteiger partial charge in [-0.15, -0.1) is 0 Å². The summed E-state index contributed by atoms with van der Waals surface area (Å²) in [6.07, 6.45) is 1.81. The molecule has 3 N–H and O–H groups in total. The maximum atomic E-state index is 11.5. The highest BCUT2D eigenvalue weighted by Gasteiger charge is 2.29. The van der Waals surface area contributed by atoms with Gasteiger partial charge in [0.05, 0.1) is 17.7 Å². The fourth-order valence-electron chi connectivity index (χ4n) is 2.52. The standard InChI is InChI=1S/C13H15BrN2O3/c14-8-3-4-10(13(15)19)11(6-8)16-5-1-2-9(16)7-12(17)18/h3-4,6,9H,1-2,5,7H2,(H2,15,19)(H,17,18). The van der Waals surface area contributed by atoms with Crippen molar-refractivity contribution in [2.24, 2.45) is 5.73 Å². The van der Waals surface area contributed by atoms with E-state index in [0.717, 1.165) is 23.9 Å². The molecule has 6 heteroatoms. The van der Waals surface area contributed by atoms with Crippen LogP contribution in [0.5, 0.6) is 0 Å². The largest absolute Gasteiger partial charge is 0.481 e. The Morgan fingerprint density at radius 2 is 2.21 bits per heavy atom. The molecule has 1 heterocycles. The van der Waals surface area contributed by atoms with Crippen LogP contribution in [0.25, 0.3) is 0 Å². The summed E-state index contributed by atoms with van der Waals surface area (Å²) in [5.74, 6) is -1.32. The van der Waals surface area contributed by atoms with E-state index >= 15 is 0 Å². The fraction of sp³-hybridized carbons (Fsp3) is 0.385. The van der Waals surface area contributed by atoms with E-state index in [1.807, 2.05) is 11.0 Å². The molecule has 1 aliphatic rings. The number of nitrogens with two attached hydrogens (primary N) is 1. The number of amides is 1. The number of carboxylic acids is 1. The second-order valence-electron chi connectivity index (χ2n) is 4.61. The molecule has 0 spiro atoms. The lowest BCUT2D eigenvalue weighted by molar-refractivity contribution is -0.137. The van der Waals surface area contributed by atoms with E-state index in [9.17, 15) is 9.59 Å². The van der Waals surface area contributed by atoms with Crippen molar-refractivity contribution < 1.29 is 14.7 Å². The molecule has 1 aromatic carbocycles. The van der Waals surface area contributed by atoms with Gasteiger partial charge in [-0.3, -0.25) is 9.59 Å². The molecule has 0 bridgehead atoms. The first kappa shape index (κ1) is 13.9. The minimum absolute atomic E-state index is 0.0741. The number of rotatable bonds is 4. The molecule has 1 aromatic rings. The van der Waals surface area contributed by atoms with Crippen molar-refractivity contribution in [2.75, 3.05) is 11.4 Å². The summed E-state index contributed by atoms with van der Waals surface area (Å²) >= 11 is 3.37. The van der Waals surface area contributed by atoms with Gasteiger partial charge in [0.25, 0.3) is 5.91 Å². The van der Waals surface area contributed by atoms with E-state index in [1.165, 1.54) is 0 Å². The lowest BCUT2D eigenvalue weighted by Crippen LogP contribution is -2.33. The van der Waals surface area contributed by atoms with Gasteiger partial charge in [0.2, 0.25) is 0 Å². The Kier molecular flexibility index (Phi) is 4.09. The number of hydrogen-bond donors (Lipinski definition) is 2. The third kappa shape index (κ3) is 3.07. The zero-order chi connectivity index (χ0) is 14.0. The van der Waals surface area contributed by atoms with Gasteiger partial charge in [-0.05, 0) is 31.0 Å². The summed E-state index contributed by atoms with van der Waals surface area (Å²) in [7, 11) is 0. The first-order valence-corrected chi connectivity index (χ1v) is 6.86. The molecule has 1 saturated heterocycles. The molecule has 0 aliphatic carbocycles. The molecule has 5 nitrogen and oxygen atoms in total. The van der Waals surface area contributed by atoms with Crippen molar-refractivity contribution in [1.29, 1.82) is 0 Å². The molecule has 1 unspecified atom stereocenters. The van der Waals surface area contributed by atoms with Crippen molar-refractivity contribution in [3.8, 4) is 0 Å². The average Bonchev–Trinajstić information content (AvgIpc) is 2.75. The average molecular weight is 327 g/mol. The molecule has 19 heavy (non-hydrogen) atoms. The van der Waals surface area contributed by atoms with E-state index in [0.29, 0.717) is 11.3 Å². The minimum Gasteiger partial charge on any atom is -0.481 e. The van der Waals surface area contributed by atoms with Gasteiger partial charge in [-0.25, -0.2) is 0 Å². The Morgan fingerprint density at radius 1 is 1.47 bits per heavy atom. The number of carboxylic acid groups (broad SMARTS) is 1. The van der Waals surface area contributed by atoms with Crippen LogP contribution in [0.1, 0.15) is 29.6 Å². The molecule has 2 rings (SSSR count). The maximum absolute atomic E-state index is 11.5. The number of anilines is 1. The summed E-state index contributed by atoms with van der Waals surface area (Å²) in [6.45, 7) is 0.745. The van der Waals surface area contributed by atoms with Gasteiger partial charge >= 0.3 is 5.97 Å². The molecule has 1 atom stereocenters. The highest BCUT2D eigenvalue weighted by molar-refractivity contribution is 9.10. The molecule has 0 saturated carbocycles. The number of carbonyl (C=O) groups is 2. The molecular weight excluding hydrogens is 312 g/mol. The highest BCUT2D eigenvalue weighted by atomic mass is 79.9. The topological polar surface area (TPSA) is 83.6 Å². The van der Waals surface area contributed by atoms with Crippen molar-refractivity contribution in [3.05, 3.63) is 28.2 Å². The lowest BCUT2D eigenvalue weighted by Gasteiger charge is -2.27. The molecule has 102 valence electrons. The molecule has 0 radical (unpaired) electrons. The van der Waals surface area contributed by atoms with Crippen molar-refractivity contribution >= 4 is 33.5 Å². The summed E-state index contributed by atoms with van der Waals surface area (Å²) in [6, 6.07) is 5.16. The lowest BCUT2D eigenvalue weighted by atomic mass is 10.1. The summed E-state index contributed by atoms with van der Waals surface area (Å²) in [5.41, 5.74) is 6.53. The van der Waals surface area contributed by atoms with E-state index < -0.39 is 11.9 Å². The van der Waals surface area contributed by atoms with E-state index in [4.69, 9.17) is 10.8 Å². The van der Waals surface area contributed by atoms with E-state index in [-0.39, 0.29) is 12.5 Å². The SMILES string of the molecule is NC(=O)c1ccc(Br)cc1N1CCCC1CC(=O)O. The Morgan fingerprint density at radius 3 is 2.84 bits per heavy atom. The minimum atomic E-state index is -0.826.